The Morgan fingerprint density at radius 1 is 1.26 bits per heavy atom. The topological polar surface area (TPSA) is 59.1 Å². The van der Waals surface area contributed by atoms with E-state index in [4.69, 9.17) is 21.1 Å². The van der Waals surface area contributed by atoms with Gasteiger partial charge in [-0.2, -0.15) is 0 Å². The number of ether oxygens (including phenoxy) is 2. The van der Waals surface area contributed by atoms with Gasteiger partial charge in [0.1, 0.15) is 6.04 Å². The third-order valence-electron chi connectivity index (χ3n) is 4.16. The summed E-state index contributed by atoms with van der Waals surface area (Å²) in [6.45, 7) is 4.91. The van der Waals surface area contributed by atoms with Gasteiger partial charge in [-0.25, -0.2) is 0 Å². The average molecular weight is 339 g/mol. The summed E-state index contributed by atoms with van der Waals surface area (Å²) in [6, 6.07) is 2.96. The van der Waals surface area contributed by atoms with Gasteiger partial charge >= 0.3 is 0 Å². The summed E-state index contributed by atoms with van der Waals surface area (Å²) in [7, 11) is 0. The van der Waals surface area contributed by atoms with Crippen molar-refractivity contribution in [3.05, 3.63) is 22.7 Å². The van der Waals surface area contributed by atoms with Crippen LogP contribution in [0.15, 0.2) is 12.1 Å². The van der Waals surface area contributed by atoms with Gasteiger partial charge in [0.15, 0.2) is 11.5 Å². The number of fused-ring (bicyclic) bond motifs is 1. The Labute approximate surface area is 139 Å². The van der Waals surface area contributed by atoms with E-state index in [2.05, 4.69) is 0 Å². The lowest BCUT2D eigenvalue weighted by atomic mass is 10.1. The molecule has 1 aromatic rings. The highest BCUT2D eigenvalue weighted by Gasteiger charge is 2.36. The Morgan fingerprint density at radius 3 is 2.65 bits per heavy atom. The second kappa shape index (κ2) is 6.28. The smallest absolute Gasteiger partial charge is 0.245 e. The second-order valence-corrected chi connectivity index (χ2v) is 6.16. The summed E-state index contributed by atoms with van der Waals surface area (Å²) in [5.74, 6) is 1.12. The molecule has 3 rings (SSSR count). The fourth-order valence-electron chi connectivity index (χ4n) is 2.89. The lowest BCUT2D eigenvalue weighted by Gasteiger charge is -2.38. The van der Waals surface area contributed by atoms with Crippen LogP contribution in [0.25, 0.3) is 0 Å². The highest BCUT2D eigenvalue weighted by molar-refractivity contribution is 6.31. The number of amides is 2. The van der Waals surface area contributed by atoms with Crippen LogP contribution in [0.1, 0.15) is 25.8 Å². The molecule has 1 fully saturated rings. The first-order chi connectivity index (χ1) is 11.0. The first-order valence-electron chi connectivity index (χ1n) is 7.67. The molecule has 23 heavy (non-hydrogen) atoms. The average Bonchev–Trinajstić information content (AvgIpc) is 2.96. The predicted molar refractivity (Wildman–Crippen MR) is 84.5 cm³/mol. The number of hydrogen-bond donors (Lipinski definition) is 0. The summed E-state index contributed by atoms with van der Waals surface area (Å²) in [4.78, 5) is 28.0. The predicted octanol–water partition coefficient (Wildman–Crippen LogP) is 2.04. The van der Waals surface area contributed by atoms with E-state index < -0.39 is 6.04 Å². The normalized spacial score (nSPS) is 20.4. The van der Waals surface area contributed by atoms with Crippen LogP contribution in [0.4, 0.5) is 0 Å². The molecule has 2 aliphatic heterocycles. The SMILES string of the molecule is CCCN1CC(=O)N(Cc2cc3c(cc2Cl)OCO3)[C@@H](C)C1=O. The third-order valence-corrected chi connectivity index (χ3v) is 4.51. The number of benzene rings is 1. The molecule has 0 aliphatic carbocycles. The molecule has 0 saturated carbocycles. The molecule has 2 heterocycles. The van der Waals surface area contributed by atoms with E-state index in [1.54, 1.807) is 28.9 Å². The molecule has 0 aromatic heterocycles. The van der Waals surface area contributed by atoms with Crippen LogP contribution in [0.3, 0.4) is 0 Å². The van der Waals surface area contributed by atoms with Gasteiger partial charge in [-0.1, -0.05) is 18.5 Å². The van der Waals surface area contributed by atoms with E-state index in [-0.39, 0.29) is 31.7 Å². The molecule has 1 aromatic carbocycles. The van der Waals surface area contributed by atoms with E-state index in [1.165, 1.54) is 0 Å². The molecule has 0 radical (unpaired) electrons. The zero-order valence-electron chi connectivity index (χ0n) is 13.2. The summed E-state index contributed by atoms with van der Waals surface area (Å²) < 4.78 is 10.6. The number of nitrogens with zero attached hydrogens (tertiary/aromatic N) is 2. The van der Waals surface area contributed by atoms with Crippen molar-refractivity contribution in [1.82, 2.24) is 9.80 Å². The molecular formula is C16H19ClN2O4. The highest BCUT2D eigenvalue weighted by Crippen LogP contribution is 2.37. The van der Waals surface area contributed by atoms with Gasteiger partial charge in [0.25, 0.3) is 0 Å². The van der Waals surface area contributed by atoms with Gasteiger partial charge in [-0.05, 0) is 25.0 Å². The maximum atomic E-state index is 12.4. The molecule has 124 valence electrons. The van der Waals surface area contributed by atoms with Crippen molar-refractivity contribution in [3.63, 3.8) is 0 Å². The van der Waals surface area contributed by atoms with Crippen molar-refractivity contribution in [2.45, 2.75) is 32.9 Å². The summed E-state index contributed by atoms with van der Waals surface area (Å²) >= 11 is 6.27. The van der Waals surface area contributed by atoms with Gasteiger partial charge in [0, 0.05) is 24.2 Å². The molecule has 0 unspecified atom stereocenters. The molecule has 6 nitrogen and oxygen atoms in total. The first kappa shape index (κ1) is 15.9. The van der Waals surface area contributed by atoms with Crippen molar-refractivity contribution in [2.24, 2.45) is 0 Å². The monoisotopic (exact) mass is 338 g/mol. The molecule has 2 aliphatic rings. The molecule has 0 spiro atoms. The molecule has 0 bridgehead atoms. The number of piperazine rings is 1. The van der Waals surface area contributed by atoms with E-state index in [1.807, 2.05) is 6.92 Å². The molecule has 0 N–H and O–H groups in total. The summed E-state index contributed by atoms with van der Waals surface area (Å²) in [6.07, 6.45) is 0.833. The second-order valence-electron chi connectivity index (χ2n) is 5.75. The lowest BCUT2D eigenvalue weighted by Crippen LogP contribution is -2.58. The minimum atomic E-state index is -0.496. The Kier molecular flexibility index (Phi) is 4.35. The van der Waals surface area contributed by atoms with Crippen molar-refractivity contribution in [2.75, 3.05) is 19.9 Å². The van der Waals surface area contributed by atoms with Gasteiger partial charge in [-0.15, -0.1) is 0 Å². The molecular weight excluding hydrogens is 320 g/mol. The minimum Gasteiger partial charge on any atom is -0.454 e. The Bertz CT molecular complexity index is 649. The van der Waals surface area contributed by atoms with Crippen molar-refractivity contribution < 1.29 is 19.1 Å². The van der Waals surface area contributed by atoms with Crippen molar-refractivity contribution in [3.8, 4) is 11.5 Å². The standard InChI is InChI=1S/C16H19ClN2O4/c1-3-4-18-8-15(20)19(10(2)16(18)21)7-11-5-13-14(6-12(11)17)23-9-22-13/h5-6,10H,3-4,7-9H2,1-2H3/t10-/m0/s1. The third kappa shape index (κ3) is 2.95. The van der Waals surface area contributed by atoms with E-state index in [0.29, 0.717) is 23.1 Å². The van der Waals surface area contributed by atoms with Gasteiger partial charge < -0.3 is 19.3 Å². The fourth-order valence-corrected chi connectivity index (χ4v) is 3.11. The number of carbonyl (C=O) groups is 2. The van der Waals surface area contributed by atoms with Crippen LogP contribution >= 0.6 is 11.6 Å². The van der Waals surface area contributed by atoms with E-state index in [0.717, 1.165) is 12.0 Å². The van der Waals surface area contributed by atoms with Crippen molar-refractivity contribution >= 4 is 23.4 Å². The Hall–Kier alpha value is -1.95. The maximum absolute atomic E-state index is 12.4. The van der Waals surface area contributed by atoms with Crippen LogP contribution < -0.4 is 9.47 Å². The quantitative estimate of drug-likeness (QED) is 0.843. The summed E-state index contributed by atoms with van der Waals surface area (Å²) in [5.41, 5.74) is 0.743. The molecule has 1 saturated heterocycles. The lowest BCUT2D eigenvalue weighted by molar-refractivity contribution is -0.155. The van der Waals surface area contributed by atoms with Crippen LogP contribution in [-0.2, 0) is 16.1 Å². The van der Waals surface area contributed by atoms with Crippen LogP contribution in [0.2, 0.25) is 5.02 Å². The first-order valence-corrected chi connectivity index (χ1v) is 8.05. The zero-order chi connectivity index (χ0) is 16.6. The fraction of sp³-hybridized carbons (Fsp3) is 0.500. The zero-order valence-corrected chi connectivity index (χ0v) is 13.9. The van der Waals surface area contributed by atoms with Gasteiger partial charge in [0.05, 0.1) is 6.54 Å². The largest absolute Gasteiger partial charge is 0.454 e. The minimum absolute atomic E-state index is 0.0247. The van der Waals surface area contributed by atoms with E-state index >= 15 is 0 Å². The number of rotatable bonds is 4. The summed E-state index contributed by atoms with van der Waals surface area (Å²) in [5, 5.41) is 0.498. The Morgan fingerprint density at radius 2 is 1.96 bits per heavy atom. The number of carbonyl (C=O) groups excluding carboxylic acids is 2. The number of halogens is 1. The molecule has 1 atom stereocenters. The number of hydrogen-bond acceptors (Lipinski definition) is 4. The Balaban J connectivity index is 1.80. The highest BCUT2D eigenvalue weighted by atomic mass is 35.5. The van der Waals surface area contributed by atoms with Crippen LogP contribution in [0, 0.1) is 0 Å². The van der Waals surface area contributed by atoms with Crippen molar-refractivity contribution in [1.29, 1.82) is 0 Å². The molecule has 2 amide bonds. The van der Waals surface area contributed by atoms with E-state index in [9.17, 15) is 9.59 Å². The van der Waals surface area contributed by atoms with Crippen LogP contribution in [-0.4, -0.2) is 47.5 Å². The van der Waals surface area contributed by atoms with Crippen LogP contribution in [0.5, 0.6) is 11.5 Å². The van der Waals surface area contributed by atoms with Gasteiger partial charge in [0.2, 0.25) is 18.6 Å². The molecule has 7 heteroatoms. The van der Waals surface area contributed by atoms with Gasteiger partial charge in [-0.3, -0.25) is 9.59 Å². The maximum Gasteiger partial charge on any atom is 0.245 e.